The van der Waals surface area contributed by atoms with Crippen LogP contribution in [0.3, 0.4) is 0 Å². The first kappa shape index (κ1) is 19.3. The summed E-state index contributed by atoms with van der Waals surface area (Å²) in [6.45, 7) is 0.385. The molecule has 0 radical (unpaired) electrons. The average molecular weight is 381 g/mol. The molecule has 0 spiro atoms. The third kappa shape index (κ3) is 4.62. The fourth-order valence-electron chi connectivity index (χ4n) is 2.94. The number of amides is 2. The highest BCUT2D eigenvalue weighted by Crippen LogP contribution is 2.22. The van der Waals surface area contributed by atoms with Crippen LogP contribution in [0.1, 0.15) is 15.9 Å². The highest BCUT2D eigenvalue weighted by Gasteiger charge is 2.11. The molecule has 0 saturated carbocycles. The molecule has 3 N–H and O–H groups in total. The van der Waals surface area contributed by atoms with Gasteiger partial charge in [0.05, 0.1) is 20.8 Å². The number of H-pyrrole nitrogens is 1. The molecule has 7 nitrogen and oxygen atoms in total. The Morgan fingerprint density at radius 1 is 1.00 bits per heavy atom. The number of ether oxygens (including phenoxy) is 2. The van der Waals surface area contributed by atoms with Crippen molar-refractivity contribution in [2.24, 2.45) is 0 Å². The highest BCUT2D eigenvalue weighted by molar-refractivity contribution is 5.97. The molecule has 0 aliphatic heterocycles. The Morgan fingerprint density at radius 2 is 1.71 bits per heavy atom. The lowest BCUT2D eigenvalue weighted by molar-refractivity contribution is -0.120. The fraction of sp³-hybridized carbons (Fsp3) is 0.238. The van der Waals surface area contributed by atoms with E-state index in [1.165, 1.54) is 14.2 Å². The Balaban J connectivity index is 1.48. The maximum absolute atomic E-state index is 12.3. The minimum Gasteiger partial charge on any atom is -0.497 e. The van der Waals surface area contributed by atoms with Gasteiger partial charge in [0.25, 0.3) is 5.91 Å². The molecular formula is C21H23N3O4. The molecular weight excluding hydrogens is 358 g/mol. The summed E-state index contributed by atoms with van der Waals surface area (Å²) in [6, 6.07) is 12.9. The number of benzene rings is 2. The first-order valence-electron chi connectivity index (χ1n) is 8.93. The first-order valence-corrected chi connectivity index (χ1v) is 8.93. The van der Waals surface area contributed by atoms with Crippen LogP contribution in [0, 0.1) is 0 Å². The minimum absolute atomic E-state index is 0.105. The second-order valence-electron chi connectivity index (χ2n) is 6.24. The summed E-state index contributed by atoms with van der Waals surface area (Å²) in [4.78, 5) is 27.5. The van der Waals surface area contributed by atoms with Gasteiger partial charge in [0.1, 0.15) is 11.5 Å². The summed E-state index contributed by atoms with van der Waals surface area (Å²) in [5.74, 6) is 0.396. The van der Waals surface area contributed by atoms with Crippen molar-refractivity contribution in [3.05, 3.63) is 59.8 Å². The molecule has 0 fully saturated rings. The highest BCUT2D eigenvalue weighted by atomic mass is 16.5. The molecule has 28 heavy (non-hydrogen) atoms. The van der Waals surface area contributed by atoms with Crippen molar-refractivity contribution in [2.45, 2.75) is 6.42 Å². The van der Waals surface area contributed by atoms with Gasteiger partial charge >= 0.3 is 0 Å². The zero-order chi connectivity index (χ0) is 19.9. The molecule has 3 rings (SSSR count). The van der Waals surface area contributed by atoms with Crippen LogP contribution in [0.15, 0.2) is 48.7 Å². The van der Waals surface area contributed by atoms with Crippen LogP contribution >= 0.6 is 0 Å². The molecule has 0 atom stereocenters. The summed E-state index contributed by atoms with van der Waals surface area (Å²) in [7, 11) is 3.02. The van der Waals surface area contributed by atoms with Crippen LogP contribution in [0.25, 0.3) is 10.9 Å². The van der Waals surface area contributed by atoms with E-state index in [4.69, 9.17) is 9.47 Å². The summed E-state index contributed by atoms with van der Waals surface area (Å²) >= 11 is 0. The first-order chi connectivity index (χ1) is 13.6. The number of hydrogen-bond donors (Lipinski definition) is 3. The molecule has 0 bridgehead atoms. The van der Waals surface area contributed by atoms with Gasteiger partial charge < -0.3 is 25.1 Å². The van der Waals surface area contributed by atoms with E-state index < -0.39 is 0 Å². The summed E-state index contributed by atoms with van der Waals surface area (Å²) in [5.41, 5.74) is 2.58. The molecule has 0 saturated heterocycles. The van der Waals surface area contributed by atoms with Gasteiger partial charge in [0.15, 0.2) is 0 Å². The number of hydrogen-bond acceptors (Lipinski definition) is 4. The molecule has 3 aromatic rings. The number of para-hydroxylation sites is 1. The van der Waals surface area contributed by atoms with E-state index in [1.807, 2.05) is 30.5 Å². The number of nitrogens with one attached hydrogen (secondary N) is 3. The molecule has 7 heteroatoms. The maximum Gasteiger partial charge on any atom is 0.251 e. The molecule has 2 aromatic carbocycles. The van der Waals surface area contributed by atoms with E-state index in [1.54, 1.807) is 18.2 Å². The molecule has 0 aliphatic carbocycles. The van der Waals surface area contributed by atoms with Gasteiger partial charge in [-0.05, 0) is 30.2 Å². The van der Waals surface area contributed by atoms with Crippen LogP contribution in [-0.4, -0.2) is 44.1 Å². The fourth-order valence-corrected chi connectivity index (χ4v) is 2.94. The number of carbonyl (C=O) groups is 2. The molecule has 0 aliphatic rings. The normalized spacial score (nSPS) is 10.5. The van der Waals surface area contributed by atoms with Gasteiger partial charge in [-0.25, -0.2) is 0 Å². The van der Waals surface area contributed by atoms with E-state index in [0.29, 0.717) is 30.0 Å². The number of methoxy groups -OCH3 is 2. The van der Waals surface area contributed by atoms with Crippen LogP contribution < -0.4 is 20.1 Å². The lowest BCUT2D eigenvalue weighted by atomic mass is 10.1. The monoisotopic (exact) mass is 381 g/mol. The molecule has 0 unspecified atom stereocenters. The summed E-state index contributed by atoms with van der Waals surface area (Å²) in [6.07, 6.45) is 2.66. The van der Waals surface area contributed by atoms with E-state index in [2.05, 4.69) is 15.6 Å². The van der Waals surface area contributed by atoms with Crippen molar-refractivity contribution >= 4 is 22.7 Å². The second kappa shape index (κ2) is 8.94. The Kier molecular flexibility index (Phi) is 6.16. The van der Waals surface area contributed by atoms with E-state index in [9.17, 15) is 9.59 Å². The van der Waals surface area contributed by atoms with Crippen LogP contribution in [0.5, 0.6) is 11.5 Å². The predicted molar refractivity (Wildman–Crippen MR) is 107 cm³/mol. The van der Waals surface area contributed by atoms with Gasteiger partial charge in [-0.3, -0.25) is 9.59 Å². The Hall–Kier alpha value is -3.48. The van der Waals surface area contributed by atoms with E-state index >= 15 is 0 Å². The van der Waals surface area contributed by atoms with Crippen molar-refractivity contribution in [1.29, 1.82) is 0 Å². The van der Waals surface area contributed by atoms with Gasteiger partial charge in [-0.2, -0.15) is 0 Å². The minimum atomic E-state index is -0.371. The maximum atomic E-state index is 12.3. The average Bonchev–Trinajstić information content (AvgIpc) is 3.14. The third-order valence-electron chi connectivity index (χ3n) is 4.41. The largest absolute Gasteiger partial charge is 0.497 e. The van der Waals surface area contributed by atoms with Gasteiger partial charge in [0, 0.05) is 35.3 Å². The second-order valence-corrected chi connectivity index (χ2v) is 6.24. The Bertz CT molecular complexity index is 958. The number of aromatic nitrogens is 1. The molecule has 1 heterocycles. The predicted octanol–water partition coefficient (Wildman–Crippen LogP) is 2.27. The quantitative estimate of drug-likeness (QED) is 0.558. The van der Waals surface area contributed by atoms with Crippen molar-refractivity contribution in [3.8, 4) is 11.5 Å². The van der Waals surface area contributed by atoms with Crippen molar-refractivity contribution < 1.29 is 19.1 Å². The topological polar surface area (TPSA) is 92.4 Å². The van der Waals surface area contributed by atoms with Gasteiger partial charge in [-0.1, -0.05) is 18.2 Å². The zero-order valence-corrected chi connectivity index (χ0v) is 15.9. The summed E-state index contributed by atoms with van der Waals surface area (Å²) < 4.78 is 10.3. The molecule has 146 valence electrons. The smallest absolute Gasteiger partial charge is 0.251 e. The Labute approximate surface area is 163 Å². The number of carbonyl (C=O) groups excluding carboxylic acids is 2. The number of rotatable bonds is 8. The van der Waals surface area contributed by atoms with Crippen LogP contribution in [0.4, 0.5) is 0 Å². The number of aromatic amines is 1. The van der Waals surface area contributed by atoms with Crippen LogP contribution in [-0.2, 0) is 11.2 Å². The number of fused-ring (bicyclic) bond motifs is 1. The lowest BCUT2D eigenvalue weighted by Crippen LogP contribution is -2.37. The molecule has 2 amide bonds. The van der Waals surface area contributed by atoms with Crippen molar-refractivity contribution in [1.82, 2.24) is 15.6 Å². The zero-order valence-electron chi connectivity index (χ0n) is 15.9. The lowest BCUT2D eigenvalue weighted by Gasteiger charge is -2.09. The van der Waals surface area contributed by atoms with E-state index in [0.717, 1.165) is 16.5 Å². The third-order valence-corrected chi connectivity index (χ3v) is 4.41. The van der Waals surface area contributed by atoms with Crippen molar-refractivity contribution in [2.75, 3.05) is 27.3 Å². The van der Waals surface area contributed by atoms with Gasteiger partial charge in [-0.15, -0.1) is 0 Å². The van der Waals surface area contributed by atoms with E-state index in [-0.39, 0.29) is 18.4 Å². The van der Waals surface area contributed by atoms with Crippen molar-refractivity contribution in [3.63, 3.8) is 0 Å². The van der Waals surface area contributed by atoms with Crippen LogP contribution in [0.2, 0.25) is 0 Å². The SMILES string of the molecule is COc1cc(OC)cc(C(=O)NCC(=O)NCCc2c[nH]c3ccccc23)c1. The Morgan fingerprint density at radius 3 is 2.43 bits per heavy atom. The standard InChI is InChI=1S/C21H23N3O4/c1-27-16-9-15(10-17(11-16)28-2)21(26)24-13-20(25)22-8-7-14-12-23-19-6-4-3-5-18(14)19/h3-6,9-12,23H,7-8,13H2,1-2H3,(H,22,25)(H,24,26). The molecule has 1 aromatic heterocycles. The van der Waals surface area contributed by atoms with Gasteiger partial charge in [0.2, 0.25) is 5.91 Å². The summed E-state index contributed by atoms with van der Waals surface area (Å²) in [5, 5.41) is 6.58.